The molecule has 0 fully saturated rings. The summed E-state index contributed by atoms with van der Waals surface area (Å²) in [4.78, 5) is 0. The molecule has 104 valence electrons. The van der Waals surface area contributed by atoms with Crippen LogP contribution in [0.15, 0.2) is 48.5 Å². The average Bonchev–Trinajstić information content (AvgIpc) is 2.72. The molecule has 3 N–H and O–H groups in total. The first-order valence-corrected chi connectivity index (χ1v) is 7.27. The minimum atomic E-state index is -0.830. The number of nitrogens with two attached hydrogens (primary N) is 1. The van der Waals surface area contributed by atoms with Gasteiger partial charge in [0, 0.05) is 12.5 Å². The largest absolute Gasteiger partial charge is 0.385 e. The van der Waals surface area contributed by atoms with E-state index in [-0.39, 0.29) is 6.04 Å². The molecule has 3 rings (SSSR count). The normalized spacial score (nSPS) is 24.6. The van der Waals surface area contributed by atoms with E-state index in [4.69, 9.17) is 5.73 Å². The number of fused-ring (bicyclic) bond motifs is 1. The molecule has 0 saturated heterocycles. The molecule has 0 aliphatic heterocycles. The number of hydrogen-bond acceptors (Lipinski definition) is 2. The topological polar surface area (TPSA) is 46.2 Å². The van der Waals surface area contributed by atoms with Crippen LogP contribution in [0.1, 0.15) is 41.6 Å². The third kappa shape index (κ3) is 2.26. The first-order chi connectivity index (χ1) is 9.62. The number of aliphatic hydroxyl groups is 1. The molecule has 0 heterocycles. The average molecular weight is 267 g/mol. The van der Waals surface area contributed by atoms with E-state index in [0.29, 0.717) is 12.8 Å². The van der Waals surface area contributed by atoms with Gasteiger partial charge in [-0.25, -0.2) is 0 Å². The van der Waals surface area contributed by atoms with Crippen LogP contribution in [0.5, 0.6) is 0 Å². The van der Waals surface area contributed by atoms with E-state index < -0.39 is 5.60 Å². The van der Waals surface area contributed by atoms with Crippen molar-refractivity contribution in [2.45, 2.75) is 37.8 Å². The van der Waals surface area contributed by atoms with E-state index in [0.717, 1.165) is 23.1 Å². The predicted octanol–water partition coefficient (Wildman–Crippen LogP) is 3.08. The lowest BCUT2D eigenvalue weighted by molar-refractivity contribution is 0.0342. The van der Waals surface area contributed by atoms with Crippen molar-refractivity contribution in [3.05, 3.63) is 70.8 Å². The van der Waals surface area contributed by atoms with Gasteiger partial charge in [0.25, 0.3) is 0 Å². The predicted molar refractivity (Wildman–Crippen MR) is 81.4 cm³/mol. The summed E-state index contributed by atoms with van der Waals surface area (Å²) in [6, 6.07) is 16.4. The number of hydrogen-bond donors (Lipinski definition) is 2. The fourth-order valence-corrected chi connectivity index (χ4v) is 3.23. The van der Waals surface area contributed by atoms with Gasteiger partial charge in [-0.05, 0) is 35.1 Å². The Morgan fingerprint density at radius 3 is 2.45 bits per heavy atom. The summed E-state index contributed by atoms with van der Waals surface area (Å²) in [5.74, 6) is 0. The molecule has 1 aliphatic carbocycles. The number of benzene rings is 2. The monoisotopic (exact) mass is 267 g/mol. The van der Waals surface area contributed by atoms with Crippen LogP contribution in [0.3, 0.4) is 0 Å². The van der Waals surface area contributed by atoms with E-state index >= 15 is 0 Å². The Balaban J connectivity index is 1.90. The molecule has 1 aliphatic rings. The second-order valence-electron chi connectivity index (χ2n) is 5.78. The Morgan fingerprint density at radius 2 is 1.75 bits per heavy atom. The van der Waals surface area contributed by atoms with Crippen LogP contribution in [0.4, 0.5) is 0 Å². The van der Waals surface area contributed by atoms with E-state index in [1.807, 2.05) is 24.3 Å². The van der Waals surface area contributed by atoms with E-state index in [1.165, 1.54) is 5.56 Å². The summed E-state index contributed by atoms with van der Waals surface area (Å²) in [7, 11) is 0. The smallest absolute Gasteiger partial charge is 0.0958 e. The molecule has 2 aromatic rings. The Morgan fingerprint density at radius 1 is 1.10 bits per heavy atom. The van der Waals surface area contributed by atoms with Crippen LogP contribution >= 0.6 is 0 Å². The molecular weight excluding hydrogens is 246 g/mol. The second kappa shape index (κ2) is 5.04. The standard InChI is InChI=1S/C18H21NO/c1-2-13-7-9-14(10-8-13)11-18(20)12-17(19)15-5-3-4-6-16(15)18/h3-10,17,20H,2,11-12,19H2,1H3. The highest BCUT2D eigenvalue weighted by atomic mass is 16.3. The first-order valence-electron chi connectivity index (χ1n) is 7.27. The molecule has 0 bridgehead atoms. The van der Waals surface area contributed by atoms with Crippen LogP contribution in [-0.2, 0) is 18.4 Å². The molecular formula is C18H21NO. The fourth-order valence-electron chi connectivity index (χ4n) is 3.23. The summed E-state index contributed by atoms with van der Waals surface area (Å²) >= 11 is 0. The van der Waals surface area contributed by atoms with Crippen molar-refractivity contribution < 1.29 is 5.11 Å². The molecule has 2 aromatic carbocycles. The maximum absolute atomic E-state index is 11.0. The third-order valence-corrected chi connectivity index (χ3v) is 4.35. The highest BCUT2D eigenvalue weighted by Gasteiger charge is 2.40. The van der Waals surface area contributed by atoms with Gasteiger partial charge in [0.05, 0.1) is 5.60 Å². The summed E-state index contributed by atoms with van der Waals surface area (Å²) < 4.78 is 0. The zero-order valence-electron chi connectivity index (χ0n) is 11.8. The maximum Gasteiger partial charge on any atom is 0.0958 e. The van der Waals surface area contributed by atoms with Crippen molar-refractivity contribution in [3.63, 3.8) is 0 Å². The highest BCUT2D eigenvalue weighted by molar-refractivity contribution is 5.41. The van der Waals surface area contributed by atoms with Gasteiger partial charge in [-0.1, -0.05) is 55.5 Å². The molecule has 0 spiro atoms. The molecule has 0 amide bonds. The lowest BCUT2D eigenvalue weighted by Gasteiger charge is -2.24. The van der Waals surface area contributed by atoms with Crippen LogP contribution in [0.2, 0.25) is 0 Å². The summed E-state index contributed by atoms with van der Waals surface area (Å²) in [5, 5.41) is 11.0. The Kier molecular flexibility index (Phi) is 3.36. The Labute approximate surface area is 120 Å². The van der Waals surface area contributed by atoms with Crippen molar-refractivity contribution in [3.8, 4) is 0 Å². The molecule has 2 heteroatoms. The second-order valence-corrected chi connectivity index (χ2v) is 5.78. The quantitative estimate of drug-likeness (QED) is 0.897. The Bertz CT molecular complexity index is 605. The van der Waals surface area contributed by atoms with E-state index in [1.54, 1.807) is 0 Å². The van der Waals surface area contributed by atoms with Crippen molar-refractivity contribution in [1.82, 2.24) is 0 Å². The lowest BCUT2D eigenvalue weighted by atomic mass is 9.88. The van der Waals surface area contributed by atoms with Crippen molar-refractivity contribution in [1.29, 1.82) is 0 Å². The van der Waals surface area contributed by atoms with Crippen molar-refractivity contribution in [2.75, 3.05) is 0 Å². The van der Waals surface area contributed by atoms with Gasteiger partial charge in [0.15, 0.2) is 0 Å². The molecule has 0 aromatic heterocycles. The molecule has 2 unspecified atom stereocenters. The van der Waals surface area contributed by atoms with Gasteiger partial charge in [-0.15, -0.1) is 0 Å². The van der Waals surface area contributed by atoms with Gasteiger partial charge in [0.1, 0.15) is 0 Å². The van der Waals surface area contributed by atoms with Gasteiger partial charge < -0.3 is 10.8 Å². The maximum atomic E-state index is 11.0. The molecule has 2 nitrogen and oxygen atoms in total. The summed E-state index contributed by atoms with van der Waals surface area (Å²) in [6.45, 7) is 2.15. The summed E-state index contributed by atoms with van der Waals surface area (Å²) in [6.07, 6.45) is 2.27. The Hall–Kier alpha value is -1.64. The SMILES string of the molecule is CCc1ccc(CC2(O)CC(N)c3ccccc32)cc1. The van der Waals surface area contributed by atoms with Crippen molar-refractivity contribution >= 4 is 0 Å². The van der Waals surface area contributed by atoms with Gasteiger partial charge in [-0.3, -0.25) is 0 Å². The van der Waals surface area contributed by atoms with Gasteiger partial charge >= 0.3 is 0 Å². The van der Waals surface area contributed by atoms with Gasteiger partial charge in [0.2, 0.25) is 0 Å². The minimum Gasteiger partial charge on any atom is -0.385 e. The fraction of sp³-hybridized carbons (Fsp3) is 0.333. The zero-order chi connectivity index (χ0) is 14.2. The minimum absolute atomic E-state index is 0.0638. The van der Waals surface area contributed by atoms with Crippen LogP contribution in [0, 0.1) is 0 Å². The number of rotatable bonds is 3. The number of aryl methyl sites for hydroxylation is 1. The summed E-state index contributed by atoms with van der Waals surface area (Å²) in [5.41, 5.74) is 9.89. The van der Waals surface area contributed by atoms with E-state index in [2.05, 4.69) is 31.2 Å². The third-order valence-electron chi connectivity index (χ3n) is 4.35. The first kappa shape index (κ1) is 13.3. The zero-order valence-corrected chi connectivity index (χ0v) is 11.8. The molecule has 2 atom stereocenters. The van der Waals surface area contributed by atoms with Crippen LogP contribution in [-0.4, -0.2) is 5.11 Å². The van der Waals surface area contributed by atoms with E-state index in [9.17, 15) is 5.11 Å². The van der Waals surface area contributed by atoms with Crippen LogP contribution in [0.25, 0.3) is 0 Å². The van der Waals surface area contributed by atoms with Gasteiger partial charge in [-0.2, -0.15) is 0 Å². The highest BCUT2D eigenvalue weighted by Crippen LogP contribution is 2.43. The molecule has 20 heavy (non-hydrogen) atoms. The van der Waals surface area contributed by atoms with Crippen molar-refractivity contribution in [2.24, 2.45) is 5.73 Å². The molecule has 0 radical (unpaired) electrons. The lowest BCUT2D eigenvalue weighted by Crippen LogP contribution is -2.26. The van der Waals surface area contributed by atoms with Crippen LogP contribution < -0.4 is 5.73 Å². The molecule has 0 saturated carbocycles.